The van der Waals surface area contributed by atoms with Crippen molar-refractivity contribution in [1.82, 2.24) is 0 Å². The maximum absolute atomic E-state index is 9.17. The summed E-state index contributed by atoms with van der Waals surface area (Å²) in [6.45, 7) is -1.42. The van der Waals surface area contributed by atoms with Crippen LogP contribution >= 0.6 is 11.6 Å². The van der Waals surface area contributed by atoms with Gasteiger partial charge in [0.25, 0.3) is 0 Å². The first kappa shape index (κ1) is 13.7. The Morgan fingerprint density at radius 2 is 1.82 bits per heavy atom. The van der Waals surface area contributed by atoms with Crippen molar-refractivity contribution < 1.29 is 15.3 Å². The van der Waals surface area contributed by atoms with E-state index < -0.39 is 25.4 Å². The molecular formula is C11H13ClN2O3. The molecule has 0 saturated carbocycles. The first-order valence-electron chi connectivity index (χ1n) is 4.91. The van der Waals surface area contributed by atoms with Gasteiger partial charge in [-0.15, -0.1) is 0 Å². The second-order valence-corrected chi connectivity index (χ2v) is 4.12. The van der Waals surface area contributed by atoms with Crippen molar-refractivity contribution in [3.8, 4) is 6.07 Å². The molecule has 0 aromatic heterocycles. The lowest BCUT2D eigenvalue weighted by Crippen LogP contribution is -2.49. The molecule has 0 radical (unpaired) electrons. The van der Waals surface area contributed by atoms with Gasteiger partial charge in [0.1, 0.15) is 11.6 Å². The minimum atomic E-state index is -1.28. The Kier molecular flexibility index (Phi) is 4.73. The van der Waals surface area contributed by atoms with Gasteiger partial charge in [-0.3, -0.25) is 0 Å². The van der Waals surface area contributed by atoms with Crippen LogP contribution in [0.4, 0.5) is 5.69 Å². The molecule has 0 aliphatic heterocycles. The Bertz CT molecular complexity index is 419. The highest BCUT2D eigenvalue weighted by molar-refractivity contribution is 6.30. The van der Waals surface area contributed by atoms with Crippen molar-refractivity contribution in [1.29, 1.82) is 5.26 Å². The summed E-state index contributed by atoms with van der Waals surface area (Å²) in [4.78, 5) is 0. The molecule has 0 aliphatic rings. The SMILES string of the molecule is N#Cc1ccc(Cl)cc1NC(CO)(CO)CO. The monoisotopic (exact) mass is 256 g/mol. The first-order valence-corrected chi connectivity index (χ1v) is 5.29. The topological polar surface area (TPSA) is 96.5 Å². The number of benzene rings is 1. The van der Waals surface area contributed by atoms with Crippen molar-refractivity contribution in [3.05, 3.63) is 28.8 Å². The van der Waals surface area contributed by atoms with E-state index in [1.165, 1.54) is 12.1 Å². The van der Waals surface area contributed by atoms with Gasteiger partial charge in [-0.05, 0) is 18.2 Å². The van der Waals surface area contributed by atoms with Crippen LogP contribution in [0.3, 0.4) is 0 Å². The van der Waals surface area contributed by atoms with Gasteiger partial charge in [-0.1, -0.05) is 11.6 Å². The number of nitrogens with zero attached hydrogens (tertiary/aromatic N) is 1. The second-order valence-electron chi connectivity index (χ2n) is 3.68. The third-order valence-electron chi connectivity index (χ3n) is 2.41. The molecule has 92 valence electrons. The molecule has 4 N–H and O–H groups in total. The van der Waals surface area contributed by atoms with Crippen LogP contribution in [0.2, 0.25) is 5.02 Å². The highest BCUT2D eigenvalue weighted by Gasteiger charge is 2.28. The molecule has 0 aliphatic carbocycles. The van der Waals surface area contributed by atoms with Gasteiger partial charge < -0.3 is 20.6 Å². The molecule has 0 unspecified atom stereocenters. The minimum Gasteiger partial charge on any atom is -0.394 e. The lowest BCUT2D eigenvalue weighted by molar-refractivity contribution is 0.0833. The summed E-state index contributed by atoms with van der Waals surface area (Å²) >= 11 is 5.80. The molecule has 0 heterocycles. The lowest BCUT2D eigenvalue weighted by atomic mass is 10.0. The summed E-state index contributed by atoms with van der Waals surface area (Å²) in [7, 11) is 0. The summed E-state index contributed by atoms with van der Waals surface area (Å²) in [5.74, 6) is 0. The zero-order valence-electron chi connectivity index (χ0n) is 9.02. The molecule has 0 saturated heterocycles. The first-order chi connectivity index (χ1) is 8.10. The van der Waals surface area contributed by atoms with Gasteiger partial charge in [-0.25, -0.2) is 0 Å². The summed E-state index contributed by atoms with van der Waals surface area (Å²) < 4.78 is 0. The molecular weight excluding hydrogens is 244 g/mol. The highest BCUT2D eigenvalue weighted by atomic mass is 35.5. The van der Waals surface area contributed by atoms with Crippen LogP contribution in [0, 0.1) is 11.3 Å². The van der Waals surface area contributed by atoms with E-state index >= 15 is 0 Å². The summed E-state index contributed by atoms with van der Waals surface area (Å²) in [6.07, 6.45) is 0. The van der Waals surface area contributed by atoms with Gasteiger partial charge in [0, 0.05) is 5.02 Å². The fourth-order valence-corrected chi connectivity index (χ4v) is 1.44. The number of rotatable bonds is 5. The molecule has 6 heteroatoms. The van der Waals surface area contributed by atoms with Crippen molar-refractivity contribution >= 4 is 17.3 Å². The number of hydrogen-bond donors (Lipinski definition) is 4. The predicted molar refractivity (Wildman–Crippen MR) is 63.8 cm³/mol. The predicted octanol–water partition coefficient (Wildman–Crippen LogP) is 0.339. The molecule has 0 fully saturated rings. The number of anilines is 1. The van der Waals surface area contributed by atoms with Crippen LogP contribution in [0.15, 0.2) is 18.2 Å². The second kappa shape index (κ2) is 5.84. The van der Waals surface area contributed by atoms with E-state index in [0.717, 1.165) is 0 Å². The largest absolute Gasteiger partial charge is 0.394 e. The average molecular weight is 257 g/mol. The molecule has 0 bridgehead atoms. The maximum Gasteiger partial charge on any atom is 0.107 e. The fraction of sp³-hybridized carbons (Fsp3) is 0.364. The van der Waals surface area contributed by atoms with Crippen molar-refractivity contribution in [3.63, 3.8) is 0 Å². The van der Waals surface area contributed by atoms with Gasteiger partial charge in [0.15, 0.2) is 0 Å². The van der Waals surface area contributed by atoms with Gasteiger partial charge in [0.2, 0.25) is 0 Å². The lowest BCUT2D eigenvalue weighted by Gasteiger charge is -2.30. The maximum atomic E-state index is 9.17. The van der Waals surface area contributed by atoms with E-state index in [2.05, 4.69) is 5.32 Å². The van der Waals surface area contributed by atoms with Gasteiger partial charge >= 0.3 is 0 Å². The Labute approximate surface area is 104 Å². The van der Waals surface area contributed by atoms with Crippen LogP contribution in [-0.2, 0) is 0 Å². The van der Waals surface area contributed by atoms with E-state index in [4.69, 9.17) is 16.9 Å². The number of nitrogens with one attached hydrogen (secondary N) is 1. The zero-order valence-corrected chi connectivity index (χ0v) is 9.78. The molecule has 5 nitrogen and oxygen atoms in total. The molecule has 1 aromatic rings. The summed E-state index contributed by atoms with van der Waals surface area (Å²) in [5, 5.41) is 39.6. The number of hydrogen-bond acceptors (Lipinski definition) is 5. The number of nitriles is 1. The van der Waals surface area contributed by atoms with Crippen LogP contribution < -0.4 is 5.32 Å². The highest BCUT2D eigenvalue weighted by Crippen LogP contribution is 2.23. The Morgan fingerprint density at radius 3 is 2.29 bits per heavy atom. The zero-order chi connectivity index (χ0) is 12.9. The molecule has 1 aromatic carbocycles. The van der Waals surface area contributed by atoms with Gasteiger partial charge in [0.05, 0.1) is 31.1 Å². The Balaban J connectivity index is 3.09. The molecule has 1 rings (SSSR count). The van der Waals surface area contributed by atoms with Crippen LogP contribution in [-0.4, -0.2) is 40.7 Å². The Morgan fingerprint density at radius 1 is 1.24 bits per heavy atom. The number of halogens is 1. The smallest absolute Gasteiger partial charge is 0.107 e. The van der Waals surface area contributed by atoms with E-state index in [0.29, 0.717) is 16.3 Å². The van der Waals surface area contributed by atoms with Crippen molar-refractivity contribution in [2.75, 3.05) is 25.1 Å². The molecule has 0 atom stereocenters. The van der Waals surface area contributed by atoms with E-state index in [1.807, 2.05) is 6.07 Å². The van der Waals surface area contributed by atoms with E-state index in [9.17, 15) is 15.3 Å². The minimum absolute atomic E-state index is 0.314. The van der Waals surface area contributed by atoms with E-state index in [-0.39, 0.29) is 0 Å². The van der Waals surface area contributed by atoms with Crippen LogP contribution in [0.5, 0.6) is 0 Å². The standard InChI is InChI=1S/C11H13ClN2O3/c12-9-2-1-8(4-13)10(3-9)14-11(5-15,6-16)7-17/h1-3,14-17H,5-7H2. The Hall–Kier alpha value is -1.32. The van der Waals surface area contributed by atoms with E-state index in [1.54, 1.807) is 6.07 Å². The van der Waals surface area contributed by atoms with Gasteiger partial charge in [-0.2, -0.15) is 5.26 Å². The summed E-state index contributed by atoms with van der Waals surface area (Å²) in [6, 6.07) is 6.52. The number of aliphatic hydroxyl groups excluding tert-OH is 3. The fourth-order valence-electron chi connectivity index (χ4n) is 1.27. The number of aliphatic hydroxyl groups is 3. The molecule has 17 heavy (non-hydrogen) atoms. The quantitative estimate of drug-likeness (QED) is 0.609. The van der Waals surface area contributed by atoms with Crippen molar-refractivity contribution in [2.24, 2.45) is 0 Å². The average Bonchev–Trinajstić information content (AvgIpc) is 2.36. The van der Waals surface area contributed by atoms with Crippen LogP contribution in [0.1, 0.15) is 5.56 Å². The molecule has 0 spiro atoms. The molecule has 0 amide bonds. The third kappa shape index (κ3) is 3.08. The summed E-state index contributed by atoms with van der Waals surface area (Å²) in [5.41, 5.74) is -0.609. The van der Waals surface area contributed by atoms with Crippen LogP contribution in [0.25, 0.3) is 0 Å². The normalized spacial score (nSPS) is 11.0. The van der Waals surface area contributed by atoms with Crippen molar-refractivity contribution in [2.45, 2.75) is 5.54 Å². The third-order valence-corrected chi connectivity index (χ3v) is 2.64.